The second-order valence-corrected chi connectivity index (χ2v) is 6.43. The zero-order chi connectivity index (χ0) is 16.9. The van der Waals surface area contributed by atoms with Crippen molar-refractivity contribution in [2.24, 2.45) is 0 Å². The smallest absolute Gasteiger partial charge is 0.288 e. The maximum Gasteiger partial charge on any atom is 0.288 e. The van der Waals surface area contributed by atoms with Gasteiger partial charge in [-0.15, -0.1) is 0 Å². The highest BCUT2D eigenvalue weighted by atomic mass is 32.2. The minimum Gasteiger partial charge on any atom is -0.353 e. The van der Waals surface area contributed by atoms with Crippen LogP contribution in [-0.2, 0) is 0 Å². The van der Waals surface area contributed by atoms with Gasteiger partial charge in [0.05, 0.1) is 0 Å². The number of amides is 1. The van der Waals surface area contributed by atoms with E-state index in [4.69, 9.17) is 0 Å². The number of halogens is 2. The molecule has 1 amide bonds. The van der Waals surface area contributed by atoms with Crippen molar-refractivity contribution < 1.29 is 13.6 Å². The summed E-state index contributed by atoms with van der Waals surface area (Å²) in [7, 11) is 0. The molecule has 0 aliphatic carbocycles. The number of benzene rings is 1. The zero-order valence-electron chi connectivity index (χ0n) is 12.9. The van der Waals surface area contributed by atoms with E-state index in [9.17, 15) is 13.6 Å². The normalized spacial score (nSPS) is 15.0. The van der Waals surface area contributed by atoms with Crippen molar-refractivity contribution in [3.8, 4) is 0 Å². The molecule has 1 aromatic heterocycles. The second kappa shape index (κ2) is 7.61. The Morgan fingerprint density at radius 2 is 1.75 bits per heavy atom. The zero-order valence-corrected chi connectivity index (χ0v) is 13.8. The molecule has 0 N–H and O–H groups in total. The maximum absolute atomic E-state index is 12.5. The minimum absolute atomic E-state index is 0.0655. The van der Waals surface area contributed by atoms with E-state index in [0.717, 1.165) is 18.9 Å². The van der Waals surface area contributed by atoms with Crippen molar-refractivity contribution in [1.29, 1.82) is 0 Å². The van der Waals surface area contributed by atoms with Crippen molar-refractivity contribution in [1.82, 2.24) is 9.88 Å². The largest absolute Gasteiger partial charge is 0.353 e. The highest BCUT2D eigenvalue weighted by molar-refractivity contribution is 7.99. The molecule has 126 valence electrons. The van der Waals surface area contributed by atoms with Crippen LogP contribution in [0.3, 0.4) is 0 Å². The van der Waals surface area contributed by atoms with E-state index in [1.165, 1.54) is 0 Å². The molecule has 4 nitrogen and oxygen atoms in total. The SMILES string of the molecule is O=C(c1ccc(SC(F)F)cc1)N1CCN(c2ccccn2)CC1. The highest BCUT2D eigenvalue weighted by Crippen LogP contribution is 2.25. The average molecular weight is 349 g/mol. The molecular formula is C17H17F2N3OS. The maximum atomic E-state index is 12.5. The lowest BCUT2D eigenvalue weighted by molar-refractivity contribution is 0.0746. The summed E-state index contributed by atoms with van der Waals surface area (Å²) < 4.78 is 24.7. The average Bonchev–Trinajstić information content (AvgIpc) is 2.62. The molecule has 7 heteroatoms. The molecule has 0 atom stereocenters. The molecule has 2 heterocycles. The molecule has 0 radical (unpaired) electrons. The quantitative estimate of drug-likeness (QED) is 0.793. The van der Waals surface area contributed by atoms with Crippen LogP contribution in [0.2, 0.25) is 0 Å². The van der Waals surface area contributed by atoms with Crippen LogP contribution in [0.5, 0.6) is 0 Å². The molecule has 1 saturated heterocycles. The lowest BCUT2D eigenvalue weighted by Gasteiger charge is -2.35. The van der Waals surface area contributed by atoms with Gasteiger partial charge in [0.25, 0.3) is 11.7 Å². The van der Waals surface area contributed by atoms with E-state index in [2.05, 4.69) is 9.88 Å². The van der Waals surface area contributed by atoms with Gasteiger partial charge >= 0.3 is 0 Å². The molecular weight excluding hydrogens is 332 g/mol. The Morgan fingerprint density at radius 1 is 1.04 bits per heavy atom. The van der Waals surface area contributed by atoms with Crippen molar-refractivity contribution in [3.05, 3.63) is 54.2 Å². The van der Waals surface area contributed by atoms with Crippen LogP contribution in [0.4, 0.5) is 14.6 Å². The summed E-state index contributed by atoms with van der Waals surface area (Å²) in [5.41, 5.74) is 0.528. The summed E-state index contributed by atoms with van der Waals surface area (Å²) in [4.78, 5) is 21.2. The first-order valence-corrected chi connectivity index (χ1v) is 8.51. The van der Waals surface area contributed by atoms with Crippen molar-refractivity contribution in [3.63, 3.8) is 0 Å². The topological polar surface area (TPSA) is 36.4 Å². The number of aromatic nitrogens is 1. The number of hydrogen-bond acceptors (Lipinski definition) is 4. The number of nitrogens with zero attached hydrogens (tertiary/aromatic N) is 3. The molecule has 0 spiro atoms. The van der Waals surface area contributed by atoms with Gasteiger partial charge in [0.2, 0.25) is 0 Å². The summed E-state index contributed by atoms with van der Waals surface area (Å²) in [6, 6.07) is 12.1. The number of pyridine rings is 1. The van der Waals surface area contributed by atoms with Gasteiger partial charge in [-0.3, -0.25) is 4.79 Å². The predicted octanol–water partition coefficient (Wildman–Crippen LogP) is 3.36. The van der Waals surface area contributed by atoms with Crippen LogP contribution < -0.4 is 4.90 Å². The first-order valence-electron chi connectivity index (χ1n) is 7.63. The van der Waals surface area contributed by atoms with E-state index in [0.29, 0.717) is 35.3 Å². The van der Waals surface area contributed by atoms with Crippen molar-refractivity contribution >= 4 is 23.5 Å². The Morgan fingerprint density at radius 3 is 2.33 bits per heavy atom. The molecule has 0 unspecified atom stereocenters. The van der Waals surface area contributed by atoms with Gasteiger partial charge in [-0.2, -0.15) is 8.78 Å². The molecule has 0 bridgehead atoms. The first kappa shape index (κ1) is 16.7. The molecule has 1 aliphatic rings. The van der Waals surface area contributed by atoms with Crippen LogP contribution >= 0.6 is 11.8 Å². The van der Waals surface area contributed by atoms with Crippen LogP contribution in [0, 0.1) is 0 Å². The Kier molecular flexibility index (Phi) is 5.30. The number of hydrogen-bond donors (Lipinski definition) is 0. The molecule has 2 aromatic rings. The van der Waals surface area contributed by atoms with Gasteiger partial charge < -0.3 is 9.80 Å². The number of alkyl halides is 2. The minimum atomic E-state index is -2.45. The standard InChI is InChI=1S/C17H17F2N3OS/c18-17(19)24-14-6-4-13(5-7-14)16(23)22-11-9-21(10-12-22)15-3-1-2-8-20-15/h1-8,17H,9-12H2. The van der Waals surface area contributed by atoms with Gasteiger partial charge in [-0.05, 0) is 36.4 Å². The third-order valence-corrected chi connectivity index (χ3v) is 4.59. The van der Waals surface area contributed by atoms with Crippen LogP contribution in [-0.4, -0.2) is 47.7 Å². The fourth-order valence-corrected chi connectivity index (χ4v) is 3.14. The van der Waals surface area contributed by atoms with Crippen molar-refractivity contribution in [2.75, 3.05) is 31.1 Å². The van der Waals surface area contributed by atoms with E-state index in [1.807, 2.05) is 18.2 Å². The number of carbonyl (C=O) groups excluding carboxylic acids is 1. The Labute approximate surface area is 143 Å². The van der Waals surface area contributed by atoms with Crippen LogP contribution in [0.15, 0.2) is 53.6 Å². The summed E-state index contributed by atoms with van der Waals surface area (Å²) in [5.74, 6) is -1.60. The van der Waals surface area contributed by atoms with E-state index < -0.39 is 5.76 Å². The Balaban J connectivity index is 1.59. The van der Waals surface area contributed by atoms with Gasteiger partial charge in [-0.25, -0.2) is 4.98 Å². The lowest BCUT2D eigenvalue weighted by Crippen LogP contribution is -2.49. The number of thioether (sulfide) groups is 1. The Bertz CT molecular complexity index is 674. The molecule has 1 fully saturated rings. The van der Waals surface area contributed by atoms with Gasteiger partial charge in [0, 0.05) is 42.8 Å². The molecule has 1 aromatic carbocycles. The van der Waals surface area contributed by atoms with Gasteiger partial charge in [0.15, 0.2) is 0 Å². The summed E-state index contributed by atoms with van der Waals surface area (Å²) >= 11 is 0.480. The van der Waals surface area contributed by atoms with Crippen LogP contribution in [0.1, 0.15) is 10.4 Å². The molecule has 1 aliphatic heterocycles. The summed E-state index contributed by atoms with van der Waals surface area (Å²) in [5, 5.41) is 0. The third kappa shape index (κ3) is 4.03. The monoisotopic (exact) mass is 349 g/mol. The van der Waals surface area contributed by atoms with Crippen LogP contribution in [0.25, 0.3) is 0 Å². The number of anilines is 1. The Hall–Kier alpha value is -2.15. The van der Waals surface area contributed by atoms with E-state index >= 15 is 0 Å². The van der Waals surface area contributed by atoms with Gasteiger partial charge in [-0.1, -0.05) is 17.8 Å². The molecule has 24 heavy (non-hydrogen) atoms. The number of piperazine rings is 1. The van der Waals surface area contributed by atoms with Gasteiger partial charge in [0.1, 0.15) is 5.82 Å². The van der Waals surface area contributed by atoms with E-state index in [1.54, 1.807) is 35.4 Å². The highest BCUT2D eigenvalue weighted by Gasteiger charge is 2.22. The molecule has 3 rings (SSSR count). The third-order valence-electron chi connectivity index (χ3n) is 3.87. The summed E-state index contributed by atoms with van der Waals surface area (Å²) in [6.07, 6.45) is 1.76. The number of carbonyl (C=O) groups is 1. The predicted molar refractivity (Wildman–Crippen MR) is 90.7 cm³/mol. The fraction of sp³-hybridized carbons (Fsp3) is 0.294. The second-order valence-electron chi connectivity index (χ2n) is 5.37. The summed E-state index contributed by atoms with van der Waals surface area (Å²) in [6.45, 7) is 2.68. The number of rotatable bonds is 4. The first-order chi connectivity index (χ1) is 11.6. The van der Waals surface area contributed by atoms with E-state index in [-0.39, 0.29) is 5.91 Å². The van der Waals surface area contributed by atoms with Crippen molar-refractivity contribution in [2.45, 2.75) is 10.7 Å². The lowest BCUT2D eigenvalue weighted by atomic mass is 10.2. The molecule has 0 saturated carbocycles. The fourth-order valence-electron chi connectivity index (χ4n) is 2.64.